The standard InChI is InChI=1S/C27H29F3N2O4/c1-26(2,3)36-24(34)11-13-31-25(35)18-6-4-17(5-7-18)22(10-12-27(28,29)30)20-14-19-8-9-21(33)15-23(19)32-16-20/h4-9,14-16,22,33H,10-13H2,1-3H3,(H,31,35)/t22-/m0/s1. The molecule has 2 aromatic carbocycles. The number of carbonyl (C=O) groups is 2. The molecule has 3 rings (SSSR count). The summed E-state index contributed by atoms with van der Waals surface area (Å²) in [7, 11) is 0. The van der Waals surface area contributed by atoms with Gasteiger partial charge in [-0.1, -0.05) is 12.1 Å². The number of ether oxygens (including phenoxy) is 1. The summed E-state index contributed by atoms with van der Waals surface area (Å²) in [6, 6.07) is 12.8. The van der Waals surface area contributed by atoms with E-state index in [4.69, 9.17) is 4.74 Å². The number of esters is 1. The largest absolute Gasteiger partial charge is 0.508 e. The van der Waals surface area contributed by atoms with E-state index in [1.807, 2.05) is 0 Å². The minimum absolute atomic E-state index is 0.0212. The summed E-state index contributed by atoms with van der Waals surface area (Å²) in [5, 5.41) is 13.0. The highest BCUT2D eigenvalue weighted by atomic mass is 19.4. The fraction of sp³-hybridized carbons (Fsp3) is 0.370. The molecule has 2 N–H and O–H groups in total. The van der Waals surface area contributed by atoms with Crippen LogP contribution in [0.2, 0.25) is 0 Å². The van der Waals surface area contributed by atoms with Crippen molar-refractivity contribution in [3.63, 3.8) is 0 Å². The molecule has 0 saturated carbocycles. The fourth-order valence-electron chi connectivity index (χ4n) is 3.79. The van der Waals surface area contributed by atoms with E-state index in [-0.39, 0.29) is 25.1 Å². The van der Waals surface area contributed by atoms with Crippen molar-refractivity contribution >= 4 is 22.8 Å². The smallest absolute Gasteiger partial charge is 0.389 e. The number of phenolic OH excluding ortho intramolecular Hbond substituents is 1. The van der Waals surface area contributed by atoms with Gasteiger partial charge in [-0.15, -0.1) is 0 Å². The molecule has 3 aromatic rings. The number of pyridine rings is 1. The van der Waals surface area contributed by atoms with Crippen LogP contribution in [0.3, 0.4) is 0 Å². The highest BCUT2D eigenvalue weighted by Gasteiger charge is 2.29. The molecule has 1 aromatic heterocycles. The number of alkyl halides is 3. The summed E-state index contributed by atoms with van der Waals surface area (Å²) in [4.78, 5) is 28.5. The number of rotatable bonds is 8. The molecule has 192 valence electrons. The van der Waals surface area contributed by atoms with E-state index in [0.29, 0.717) is 27.6 Å². The van der Waals surface area contributed by atoms with Crippen molar-refractivity contribution in [1.29, 1.82) is 0 Å². The molecule has 1 heterocycles. The quantitative estimate of drug-likeness (QED) is 0.376. The number of amides is 1. The maximum absolute atomic E-state index is 13.1. The van der Waals surface area contributed by atoms with E-state index in [9.17, 15) is 27.9 Å². The first-order chi connectivity index (χ1) is 16.8. The van der Waals surface area contributed by atoms with Crippen molar-refractivity contribution in [2.24, 2.45) is 0 Å². The summed E-state index contributed by atoms with van der Waals surface area (Å²) in [6.07, 6.45) is -3.94. The molecular formula is C27H29F3N2O4. The van der Waals surface area contributed by atoms with E-state index in [1.165, 1.54) is 18.3 Å². The summed E-state index contributed by atoms with van der Waals surface area (Å²) < 4.78 is 44.4. The molecule has 36 heavy (non-hydrogen) atoms. The molecule has 0 aliphatic rings. The maximum atomic E-state index is 13.1. The Morgan fingerprint density at radius 2 is 1.72 bits per heavy atom. The highest BCUT2D eigenvalue weighted by Crippen LogP contribution is 2.35. The number of aromatic nitrogens is 1. The number of fused-ring (bicyclic) bond motifs is 1. The van der Waals surface area contributed by atoms with Gasteiger partial charge in [0.05, 0.1) is 11.9 Å². The lowest BCUT2D eigenvalue weighted by molar-refractivity contribution is -0.154. The molecule has 0 unspecified atom stereocenters. The lowest BCUT2D eigenvalue weighted by Crippen LogP contribution is -2.29. The number of benzene rings is 2. The Labute approximate surface area is 207 Å². The van der Waals surface area contributed by atoms with Gasteiger partial charge in [0.2, 0.25) is 0 Å². The van der Waals surface area contributed by atoms with Crippen LogP contribution in [-0.2, 0) is 9.53 Å². The van der Waals surface area contributed by atoms with Crippen LogP contribution in [0.25, 0.3) is 10.9 Å². The van der Waals surface area contributed by atoms with Gasteiger partial charge in [-0.3, -0.25) is 14.6 Å². The van der Waals surface area contributed by atoms with Gasteiger partial charge in [0, 0.05) is 42.1 Å². The van der Waals surface area contributed by atoms with Crippen LogP contribution >= 0.6 is 0 Å². The number of nitrogens with one attached hydrogen (secondary N) is 1. The van der Waals surface area contributed by atoms with Crippen molar-refractivity contribution in [3.05, 3.63) is 71.4 Å². The molecule has 9 heteroatoms. The molecule has 6 nitrogen and oxygen atoms in total. The van der Waals surface area contributed by atoms with Crippen molar-refractivity contribution in [2.45, 2.75) is 57.7 Å². The molecule has 0 saturated heterocycles. The Morgan fingerprint density at radius 3 is 2.36 bits per heavy atom. The van der Waals surface area contributed by atoms with Gasteiger partial charge >= 0.3 is 12.1 Å². The van der Waals surface area contributed by atoms with E-state index < -0.39 is 36.0 Å². The summed E-state index contributed by atoms with van der Waals surface area (Å²) in [5.41, 5.74) is 1.47. The molecule has 0 fully saturated rings. The zero-order chi connectivity index (χ0) is 26.5. The van der Waals surface area contributed by atoms with Crippen LogP contribution in [-0.4, -0.2) is 40.3 Å². The fourth-order valence-corrected chi connectivity index (χ4v) is 3.79. The molecule has 0 spiro atoms. The first-order valence-corrected chi connectivity index (χ1v) is 11.6. The van der Waals surface area contributed by atoms with Gasteiger partial charge in [-0.25, -0.2) is 0 Å². The molecule has 0 aliphatic carbocycles. The number of carbonyl (C=O) groups excluding carboxylic acids is 2. The summed E-state index contributed by atoms with van der Waals surface area (Å²) in [6.45, 7) is 5.37. The topological polar surface area (TPSA) is 88.5 Å². The van der Waals surface area contributed by atoms with Crippen LogP contribution in [0.4, 0.5) is 13.2 Å². The lowest BCUT2D eigenvalue weighted by atomic mass is 9.87. The number of aromatic hydroxyl groups is 1. The van der Waals surface area contributed by atoms with Crippen LogP contribution in [0.5, 0.6) is 5.75 Å². The van der Waals surface area contributed by atoms with Crippen molar-refractivity contribution in [3.8, 4) is 5.75 Å². The average Bonchev–Trinajstić information content (AvgIpc) is 2.77. The van der Waals surface area contributed by atoms with Crippen molar-refractivity contribution < 1.29 is 32.6 Å². The average molecular weight is 503 g/mol. The second-order valence-electron chi connectivity index (χ2n) is 9.57. The van der Waals surface area contributed by atoms with Crippen LogP contribution in [0.15, 0.2) is 54.7 Å². The van der Waals surface area contributed by atoms with Crippen LogP contribution in [0.1, 0.15) is 67.4 Å². The van der Waals surface area contributed by atoms with E-state index in [0.717, 1.165) is 0 Å². The number of hydrogen-bond donors (Lipinski definition) is 2. The molecule has 0 aliphatic heterocycles. The third kappa shape index (κ3) is 7.96. The lowest BCUT2D eigenvalue weighted by Gasteiger charge is -2.20. The monoisotopic (exact) mass is 502 g/mol. The Kier molecular flexibility index (Phi) is 8.22. The van der Waals surface area contributed by atoms with Crippen LogP contribution < -0.4 is 5.32 Å². The number of nitrogens with zero attached hydrogens (tertiary/aromatic N) is 1. The molecule has 0 radical (unpaired) electrons. The first kappa shape index (κ1) is 27.0. The van der Waals surface area contributed by atoms with Gasteiger partial charge < -0.3 is 15.2 Å². The van der Waals surface area contributed by atoms with Gasteiger partial charge in [0.25, 0.3) is 5.91 Å². The molecule has 1 atom stereocenters. The van der Waals surface area contributed by atoms with Gasteiger partial charge in [0.15, 0.2) is 0 Å². The van der Waals surface area contributed by atoms with E-state index >= 15 is 0 Å². The maximum Gasteiger partial charge on any atom is 0.389 e. The van der Waals surface area contributed by atoms with E-state index in [2.05, 4.69) is 10.3 Å². The predicted octanol–water partition coefficient (Wildman–Crippen LogP) is 5.88. The second kappa shape index (κ2) is 11.0. The zero-order valence-corrected chi connectivity index (χ0v) is 20.4. The van der Waals surface area contributed by atoms with Crippen molar-refractivity contribution in [1.82, 2.24) is 10.3 Å². The van der Waals surface area contributed by atoms with E-state index in [1.54, 1.807) is 57.2 Å². The third-order valence-electron chi connectivity index (χ3n) is 5.42. The third-order valence-corrected chi connectivity index (χ3v) is 5.42. The van der Waals surface area contributed by atoms with Gasteiger partial charge in [-0.05, 0) is 68.7 Å². The molecule has 0 bridgehead atoms. The van der Waals surface area contributed by atoms with Gasteiger partial charge in [-0.2, -0.15) is 13.2 Å². The minimum atomic E-state index is -4.32. The molecular weight excluding hydrogens is 473 g/mol. The Balaban J connectivity index is 1.74. The van der Waals surface area contributed by atoms with Crippen molar-refractivity contribution in [2.75, 3.05) is 6.54 Å². The van der Waals surface area contributed by atoms with Gasteiger partial charge in [0.1, 0.15) is 11.4 Å². The Hall–Kier alpha value is -3.62. The predicted molar refractivity (Wildman–Crippen MR) is 130 cm³/mol. The SMILES string of the molecule is CC(C)(C)OC(=O)CCNC(=O)c1ccc([C@H](CCC(F)(F)F)c2cnc3cc(O)ccc3c2)cc1. The Bertz CT molecular complexity index is 1220. The molecule has 1 amide bonds. The normalized spacial score (nSPS) is 12.8. The number of halogens is 3. The zero-order valence-electron chi connectivity index (χ0n) is 20.4. The minimum Gasteiger partial charge on any atom is -0.508 e. The summed E-state index contributed by atoms with van der Waals surface area (Å²) in [5.74, 6) is -1.37. The summed E-state index contributed by atoms with van der Waals surface area (Å²) >= 11 is 0. The Morgan fingerprint density at radius 1 is 1.03 bits per heavy atom. The second-order valence-corrected chi connectivity index (χ2v) is 9.57. The van der Waals surface area contributed by atoms with Crippen LogP contribution in [0, 0.1) is 0 Å². The first-order valence-electron chi connectivity index (χ1n) is 11.6. The number of phenols is 1. The number of hydrogen-bond acceptors (Lipinski definition) is 5. The highest BCUT2D eigenvalue weighted by molar-refractivity contribution is 5.94.